The minimum Gasteiger partial charge on any atom is -0.492 e. The van der Waals surface area contributed by atoms with Gasteiger partial charge in [-0.25, -0.2) is 0 Å². The van der Waals surface area contributed by atoms with Crippen molar-refractivity contribution in [1.82, 2.24) is 4.90 Å². The molecule has 5 nitrogen and oxygen atoms in total. The van der Waals surface area contributed by atoms with Crippen molar-refractivity contribution in [3.05, 3.63) is 23.8 Å². The van der Waals surface area contributed by atoms with E-state index < -0.39 is 5.60 Å². The average molecular weight is 292 g/mol. The average Bonchev–Trinajstić information content (AvgIpc) is 2.86. The molecule has 1 saturated carbocycles. The number of benzene rings is 1. The molecule has 3 N–H and O–H groups in total. The van der Waals surface area contributed by atoms with Crippen molar-refractivity contribution in [3.63, 3.8) is 0 Å². The first-order valence-electron chi connectivity index (χ1n) is 7.45. The molecule has 1 aliphatic carbocycles. The number of carbonyl (C=O) groups excluding carboxylic acids is 1. The fraction of sp³-hybridized carbons (Fsp3) is 0.562. The Balaban J connectivity index is 2.06. The Morgan fingerprint density at radius 3 is 2.67 bits per heavy atom. The first-order chi connectivity index (χ1) is 9.95. The van der Waals surface area contributed by atoms with Crippen molar-refractivity contribution < 1.29 is 14.6 Å². The van der Waals surface area contributed by atoms with Crippen LogP contribution in [-0.2, 0) is 0 Å². The summed E-state index contributed by atoms with van der Waals surface area (Å²) in [6, 6.07) is 5.05. The number of hydrogen-bond donors (Lipinski definition) is 2. The monoisotopic (exact) mass is 292 g/mol. The summed E-state index contributed by atoms with van der Waals surface area (Å²) in [6.45, 7) is 2.78. The number of aliphatic hydroxyl groups is 1. The van der Waals surface area contributed by atoms with Crippen LogP contribution < -0.4 is 10.5 Å². The number of nitrogen functional groups attached to an aromatic ring is 1. The zero-order valence-corrected chi connectivity index (χ0v) is 12.8. The first-order valence-corrected chi connectivity index (χ1v) is 7.45. The number of carbonyl (C=O) groups is 1. The number of ether oxygens (including phenoxy) is 1. The predicted octanol–water partition coefficient (Wildman–Crippen LogP) is 2.04. The lowest BCUT2D eigenvalue weighted by Gasteiger charge is -2.28. The molecule has 5 heteroatoms. The highest BCUT2D eigenvalue weighted by Gasteiger charge is 2.33. The van der Waals surface area contributed by atoms with Gasteiger partial charge in [-0.2, -0.15) is 0 Å². The standard InChI is InChI=1S/C16H24N2O3/c1-3-21-14-7-6-12(10-13(14)17)15(19)18(2)11-16(20)8-4-5-9-16/h6-7,10,20H,3-5,8-9,11,17H2,1-2H3. The van der Waals surface area contributed by atoms with Gasteiger partial charge in [-0.05, 0) is 38.0 Å². The van der Waals surface area contributed by atoms with Crippen LogP contribution in [0.15, 0.2) is 18.2 Å². The Hall–Kier alpha value is -1.75. The van der Waals surface area contributed by atoms with Gasteiger partial charge in [0, 0.05) is 19.2 Å². The molecule has 116 valence electrons. The van der Waals surface area contributed by atoms with Gasteiger partial charge in [0.25, 0.3) is 5.91 Å². The van der Waals surface area contributed by atoms with Crippen LogP contribution in [0.4, 0.5) is 5.69 Å². The number of likely N-dealkylation sites (N-methyl/N-ethyl adjacent to an activating group) is 1. The Labute approximate surface area is 125 Å². The molecule has 0 aromatic heterocycles. The smallest absolute Gasteiger partial charge is 0.253 e. The summed E-state index contributed by atoms with van der Waals surface area (Å²) in [5.74, 6) is 0.455. The predicted molar refractivity (Wildman–Crippen MR) is 82.4 cm³/mol. The van der Waals surface area contributed by atoms with E-state index in [2.05, 4.69) is 0 Å². The summed E-state index contributed by atoms with van der Waals surface area (Å²) in [4.78, 5) is 14.0. The van der Waals surface area contributed by atoms with E-state index in [1.54, 1.807) is 30.1 Å². The van der Waals surface area contributed by atoms with Gasteiger partial charge < -0.3 is 20.5 Å². The van der Waals surface area contributed by atoms with Crippen molar-refractivity contribution in [2.75, 3.05) is 25.9 Å². The molecule has 0 unspecified atom stereocenters. The molecule has 1 aliphatic rings. The third-order valence-corrected chi connectivity index (χ3v) is 3.97. The summed E-state index contributed by atoms with van der Waals surface area (Å²) < 4.78 is 5.37. The van der Waals surface area contributed by atoms with Crippen LogP contribution in [0.1, 0.15) is 43.0 Å². The van der Waals surface area contributed by atoms with E-state index in [-0.39, 0.29) is 5.91 Å². The number of rotatable bonds is 5. The fourth-order valence-electron chi connectivity index (χ4n) is 2.89. The Morgan fingerprint density at radius 2 is 2.10 bits per heavy atom. The fourth-order valence-corrected chi connectivity index (χ4v) is 2.89. The molecule has 2 rings (SSSR count). The minimum absolute atomic E-state index is 0.134. The maximum atomic E-state index is 12.4. The van der Waals surface area contributed by atoms with Crippen molar-refractivity contribution in [3.8, 4) is 5.75 Å². The first kappa shape index (κ1) is 15.6. The van der Waals surface area contributed by atoms with Gasteiger partial charge in [0.1, 0.15) is 5.75 Å². The maximum absolute atomic E-state index is 12.4. The van der Waals surface area contributed by atoms with E-state index in [0.717, 1.165) is 25.7 Å². The highest BCUT2D eigenvalue weighted by Crippen LogP contribution is 2.30. The summed E-state index contributed by atoms with van der Waals surface area (Å²) in [5.41, 5.74) is 6.12. The topological polar surface area (TPSA) is 75.8 Å². The van der Waals surface area contributed by atoms with Crippen LogP contribution in [0.5, 0.6) is 5.75 Å². The summed E-state index contributed by atoms with van der Waals surface area (Å²) >= 11 is 0. The Bertz CT molecular complexity index is 510. The van der Waals surface area contributed by atoms with E-state index in [4.69, 9.17) is 10.5 Å². The second-order valence-corrected chi connectivity index (χ2v) is 5.78. The summed E-state index contributed by atoms with van der Waals surface area (Å²) in [6.07, 6.45) is 3.56. The second-order valence-electron chi connectivity index (χ2n) is 5.78. The van der Waals surface area contributed by atoms with Crippen molar-refractivity contribution in [1.29, 1.82) is 0 Å². The van der Waals surface area contributed by atoms with Crippen LogP contribution in [-0.4, -0.2) is 41.7 Å². The van der Waals surface area contributed by atoms with Gasteiger partial charge >= 0.3 is 0 Å². The number of nitrogens with two attached hydrogens (primary N) is 1. The molecule has 0 radical (unpaired) electrons. The number of nitrogens with zero attached hydrogens (tertiary/aromatic N) is 1. The van der Waals surface area contributed by atoms with E-state index in [1.165, 1.54) is 0 Å². The van der Waals surface area contributed by atoms with E-state index >= 15 is 0 Å². The van der Waals surface area contributed by atoms with Gasteiger partial charge in [0.2, 0.25) is 0 Å². The van der Waals surface area contributed by atoms with Crippen molar-refractivity contribution in [2.45, 2.75) is 38.2 Å². The summed E-state index contributed by atoms with van der Waals surface area (Å²) in [7, 11) is 1.71. The van der Waals surface area contributed by atoms with Crippen molar-refractivity contribution >= 4 is 11.6 Å². The van der Waals surface area contributed by atoms with Crippen LogP contribution in [0.25, 0.3) is 0 Å². The molecule has 1 aromatic carbocycles. The minimum atomic E-state index is -0.735. The molecule has 0 heterocycles. The lowest BCUT2D eigenvalue weighted by atomic mass is 10.0. The Kier molecular flexibility index (Phi) is 4.73. The third kappa shape index (κ3) is 3.67. The van der Waals surface area contributed by atoms with Crippen LogP contribution in [0, 0.1) is 0 Å². The van der Waals surface area contributed by atoms with Gasteiger partial charge in [0.15, 0.2) is 0 Å². The molecule has 0 atom stereocenters. The van der Waals surface area contributed by atoms with E-state index in [1.807, 2.05) is 6.92 Å². The zero-order chi connectivity index (χ0) is 15.5. The molecular weight excluding hydrogens is 268 g/mol. The third-order valence-electron chi connectivity index (χ3n) is 3.97. The molecule has 1 aromatic rings. The van der Waals surface area contributed by atoms with E-state index in [9.17, 15) is 9.90 Å². The second kappa shape index (κ2) is 6.35. The van der Waals surface area contributed by atoms with Gasteiger partial charge in [-0.3, -0.25) is 4.79 Å². The molecule has 0 saturated heterocycles. The lowest BCUT2D eigenvalue weighted by molar-refractivity contribution is 0.0157. The van der Waals surface area contributed by atoms with Gasteiger partial charge in [0.05, 0.1) is 17.9 Å². The molecular formula is C16H24N2O3. The normalized spacial score (nSPS) is 16.7. The van der Waals surface area contributed by atoms with Crippen LogP contribution >= 0.6 is 0 Å². The largest absolute Gasteiger partial charge is 0.492 e. The number of anilines is 1. The highest BCUT2D eigenvalue weighted by molar-refractivity contribution is 5.95. The molecule has 1 fully saturated rings. The molecule has 21 heavy (non-hydrogen) atoms. The highest BCUT2D eigenvalue weighted by atomic mass is 16.5. The SMILES string of the molecule is CCOc1ccc(C(=O)N(C)CC2(O)CCCC2)cc1N. The Morgan fingerprint density at radius 1 is 1.43 bits per heavy atom. The number of amides is 1. The molecule has 1 amide bonds. The molecule has 0 aliphatic heterocycles. The molecule has 0 spiro atoms. The maximum Gasteiger partial charge on any atom is 0.253 e. The van der Waals surface area contributed by atoms with Gasteiger partial charge in [-0.1, -0.05) is 12.8 Å². The quantitative estimate of drug-likeness (QED) is 0.814. The molecule has 0 bridgehead atoms. The van der Waals surface area contributed by atoms with Crippen LogP contribution in [0.3, 0.4) is 0 Å². The van der Waals surface area contributed by atoms with Crippen molar-refractivity contribution in [2.24, 2.45) is 0 Å². The lowest BCUT2D eigenvalue weighted by Crippen LogP contribution is -2.42. The van der Waals surface area contributed by atoms with Crippen LogP contribution in [0.2, 0.25) is 0 Å². The number of hydrogen-bond acceptors (Lipinski definition) is 4. The summed E-state index contributed by atoms with van der Waals surface area (Å²) in [5, 5.41) is 10.4. The van der Waals surface area contributed by atoms with E-state index in [0.29, 0.717) is 30.2 Å². The van der Waals surface area contributed by atoms with Gasteiger partial charge in [-0.15, -0.1) is 0 Å². The zero-order valence-electron chi connectivity index (χ0n) is 12.8.